The van der Waals surface area contributed by atoms with Gasteiger partial charge in [-0.15, -0.1) is 0 Å². The molecule has 2 unspecified atom stereocenters. The number of amides is 2. The van der Waals surface area contributed by atoms with Gasteiger partial charge in [0, 0.05) is 6.20 Å². The molecule has 12 heteroatoms. The molecule has 0 aliphatic rings. The highest BCUT2D eigenvalue weighted by Crippen LogP contribution is 2.28. The Labute approximate surface area is 227 Å². The Bertz CT molecular complexity index is 1140. The van der Waals surface area contributed by atoms with Crippen LogP contribution in [0.4, 0.5) is 10.5 Å². The van der Waals surface area contributed by atoms with E-state index in [0.29, 0.717) is 5.75 Å². The molecular formula is C27H35N3O9. The number of anilines is 1. The number of hydrogen-bond acceptors (Lipinski definition) is 9. The molecule has 0 radical (unpaired) electrons. The largest absolute Gasteiger partial charge is 0.486 e. The van der Waals surface area contributed by atoms with E-state index in [-0.39, 0.29) is 23.0 Å². The van der Waals surface area contributed by atoms with Crippen LogP contribution in [-0.2, 0) is 19.1 Å². The van der Waals surface area contributed by atoms with Crippen LogP contribution in [0.1, 0.15) is 52.0 Å². The summed E-state index contributed by atoms with van der Waals surface area (Å²) in [7, 11) is 0. The van der Waals surface area contributed by atoms with Gasteiger partial charge < -0.3 is 29.4 Å². The summed E-state index contributed by atoms with van der Waals surface area (Å²) in [5, 5.41) is 13.7. The van der Waals surface area contributed by atoms with Crippen LogP contribution >= 0.6 is 0 Å². The molecule has 2 rings (SSSR count). The van der Waals surface area contributed by atoms with E-state index in [1.165, 1.54) is 19.2 Å². The van der Waals surface area contributed by atoms with Crippen LogP contribution in [0.5, 0.6) is 11.5 Å². The van der Waals surface area contributed by atoms with E-state index in [9.17, 15) is 19.2 Å². The van der Waals surface area contributed by atoms with Crippen molar-refractivity contribution in [3.63, 3.8) is 0 Å². The normalized spacial score (nSPS) is 13.1. The molecular weight excluding hydrogens is 510 g/mol. The van der Waals surface area contributed by atoms with E-state index in [1.54, 1.807) is 32.9 Å². The smallest absolute Gasteiger partial charge is 0.409 e. The van der Waals surface area contributed by atoms with E-state index in [2.05, 4.69) is 15.6 Å². The molecule has 2 amide bonds. The number of rotatable bonds is 13. The first kappa shape index (κ1) is 30.9. The predicted molar refractivity (Wildman–Crippen MR) is 140 cm³/mol. The summed E-state index contributed by atoms with van der Waals surface area (Å²) in [6.45, 7) is 9.67. The number of ether oxygens (including phenoxy) is 4. The number of hydrogen-bond donors (Lipinski definition) is 3. The fourth-order valence-electron chi connectivity index (χ4n) is 3.39. The quantitative estimate of drug-likeness (QED) is 0.249. The van der Waals surface area contributed by atoms with Crippen LogP contribution < -0.4 is 20.1 Å². The fourth-order valence-corrected chi connectivity index (χ4v) is 3.39. The second-order valence-electron chi connectivity index (χ2n) is 9.32. The Kier molecular flexibility index (Phi) is 11.5. The summed E-state index contributed by atoms with van der Waals surface area (Å²) >= 11 is 0. The van der Waals surface area contributed by atoms with Crippen molar-refractivity contribution in [3.05, 3.63) is 48.3 Å². The predicted octanol–water partition coefficient (Wildman–Crippen LogP) is 3.86. The first-order chi connectivity index (χ1) is 18.4. The number of esters is 2. The second kappa shape index (κ2) is 14.6. The van der Waals surface area contributed by atoms with Gasteiger partial charge in [-0.25, -0.2) is 14.6 Å². The number of nitrogens with one attached hydrogen (secondary N) is 2. The van der Waals surface area contributed by atoms with Crippen LogP contribution in [0.15, 0.2) is 42.6 Å². The molecule has 0 spiro atoms. The van der Waals surface area contributed by atoms with Crippen molar-refractivity contribution in [2.75, 3.05) is 12.1 Å². The molecule has 212 valence electrons. The van der Waals surface area contributed by atoms with Gasteiger partial charge in [-0.1, -0.05) is 45.9 Å². The van der Waals surface area contributed by atoms with Gasteiger partial charge in [-0.05, 0) is 38.0 Å². The summed E-state index contributed by atoms with van der Waals surface area (Å²) in [6.07, 6.45) is -1.33. The maximum absolute atomic E-state index is 13.0. The Morgan fingerprint density at radius 3 is 2.21 bits per heavy atom. The molecule has 3 atom stereocenters. The van der Waals surface area contributed by atoms with E-state index in [1.807, 2.05) is 32.0 Å². The molecule has 1 aromatic heterocycles. The average Bonchev–Trinajstić information content (AvgIpc) is 2.87. The summed E-state index contributed by atoms with van der Waals surface area (Å²) in [6, 6.07) is 9.30. The first-order valence-electron chi connectivity index (χ1n) is 12.4. The van der Waals surface area contributed by atoms with Gasteiger partial charge in [0.2, 0.25) is 6.79 Å². The lowest BCUT2D eigenvalue weighted by Crippen LogP contribution is -2.44. The third-order valence-electron chi connectivity index (χ3n) is 5.38. The van der Waals surface area contributed by atoms with Gasteiger partial charge in [0.1, 0.15) is 24.0 Å². The number of carboxylic acid groups (broad SMARTS) is 1. The Hall–Kier alpha value is -4.35. The lowest BCUT2D eigenvalue weighted by atomic mass is 10.0. The van der Waals surface area contributed by atoms with Crippen LogP contribution in [0.25, 0.3) is 0 Å². The maximum atomic E-state index is 13.0. The second-order valence-corrected chi connectivity index (χ2v) is 9.32. The van der Waals surface area contributed by atoms with Crippen molar-refractivity contribution in [2.45, 2.75) is 59.8 Å². The number of carbonyl (C=O) groups excluding carboxylic acids is 3. The van der Waals surface area contributed by atoms with Crippen LogP contribution in [0.2, 0.25) is 0 Å². The van der Waals surface area contributed by atoms with Crippen LogP contribution in [0, 0.1) is 11.8 Å². The van der Waals surface area contributed by atoms with Crippen LogP contribution in [-0.4, -0.2) is 59.1 Å². The highest BCUT2D eigenvalue weighted by Gasteiger charge is 2.30. The number of benzene rings is 1. The monoisotopic (exact) mass is 545 g/mol. The van der Waals surface area contributed by atoms with Crippen molar-refractivity contribution in [1.29, 1.82) is 0 Å². The van der Waals surface area contributed by atoms with Crippen LogP contribution in [0.3, 0.4) is 0 Å². The van der Waals surface area contributed by atoms with E-state index in [4.69, 9.17) is 24.1 Å². The zero-order valence-electron chi connectivity index (χ0n) is 22.8. The lowest BCUT2D eigenvalue weighted by Gasteiger charge is -2.29. The third kappa shape index (κ3) is 9.47. The van der Waals surface area contributed by atoms with Crippen molar-refractivity contribution >= 4 is 29.6 Å². The standard InChI is InChI=1S/C27H35N3O9/c1-15(2)22(39-19-10-8-7-9-11-19)18(6)38-26(33)17(5)29-24(31)21-23(36-14-37-25(32)16(3)4)20(12-13-28-21)30-27(34)35/h7-13,15-18,22H,14H2,1-6H3,(H,28,30)(H,29,31)(H,34,35)/t17-,18?,22?/m0/s1. The number of carbonyl (C=O) groups is 4. The van der Waals surface area contributed by atoms with E-state index in [0.717, 1.165) is 0 Å². The molecule has 12 nitrogen and oxygen atoms in total. The van der Waals surface area contributed by atoms with Gasteiger partial charge in [0.15, 0.2) is 11.4 Å². The highest BCUT2D eigenvalue weighted by atomic mass is 16.7. The molecule has 39 heavy (non-hydrogen) atoms. The Morgan fingerprint density at radius 2 is 1.62 bits per heavy atom. The molecule has 0 bridgehead atoms. The molecule has 0 fully saturated rings. The summed E-state index contributed by atoms with van der Waals surface area (Å²) in [5.41, 5.74) is -0.438. The van der Waals surface area contributed by atoms with Crippen molar-refractivity contribution in [1.82, 2.24) is 10.3 Å². The molecule has 0 saturated carbocycles. The molecule has 2 aromatic rings. The zero-order valence-corrected chi connectivity index (χ0v) is 22.8. The van der Waals surface area contributed by atoms with Gasteiger partial charge in [-0.2, -0.15) is 0 Å². The van der Waals surface area contributed by atoms with Gasteiger partial charge >= 0.3 is 18.0 Å². The molecule has 1 aromatic carbocycles. The summed E-state index contributed by atoms with van der Waals surface area (Å²) in [4.78, 5) is 52.8. The van der Waals surface area contributed by atoms with Gasteiger partial charge in [0.25, 0.3) is 5.91 Å². The van der Waals surface area contributed by atoms with E-state index < -0.39 is 54.9 Å². The average molecular weight is 546 g/mol. The molecule has 0 saturated heterocycles. The Morgan fingerprint density at radius 1 is 0.949 bits per heavy atom. The molecule has 0 aliphatic heterocycles. The highest BCUT2D eigenvalue weighted by molar-refractivity contribution is 6.00. The number of para-hydroxylation sites is 1. The van der Waals surface area contributed by atoms with Crippen molar-refractivity contribution in [2.24, 2.45) is 11.8 Å². The third-order valence-corrected chi connectivity index (χ3v) is 5.38. The van der Waals surface area contributed by atoms with Crippen molar-refractivity contribution < 1.29 is 43.2 Å². The Balaban J connectivity index is 2.12. The summed E-state index contributed by atoms with van der Waals surface area (Å²) < 4.78 is 22.0. The molecule has 3 N–H and O–H groups in total. The lowest BCUT2D eigenvalue weighted by molar-refractivity contribution is -0.156. The molecule has 1 heterocycles. The van der Waals surface area contributed by atoms with E-state index >= 15 is 0 Å². The topological polar surface area (TPSA) is 162 Å². The SMILES string of the molecule is CC(C)C(=O)OCOc1c(NC(=O)O)ccnc1C(=O)N[C@@H](C)C(=O)OC(C)C(Oc1ccccc1)C(C)C. The zero-order chi connectivity index (χ0) is 29.1. The maximum Gasteiger partial charge on any atom is 0.409 e. The number of aromatic nitrogens is 1. The minimum absolute atomic E-state index is 0.0103. The molecule has 0 aliphatic carbocycles. The first-order valence-corrected chi connectivity index (χ1v) is 12.4. The van der Waals surface area contributed by atoms with Crippen molar-refractivity contribution in [3.8, 4) is 11.5 Å². The minimum atomic E-state index is -1.42. The van der Waals surface area contributed by atoms with Gasteiger partial charge in [0.05, 0.1) is 11.6 Å². The van der Waals surface area contributed by atoms with Gasteiger partial charge in [-0.3, -0.25) is 14.9 Å². The fraction of sp³-hybridized carbons (Fsp3) is 0.444. The summed E-state index contributed by atoms with van der Waals surface area (Å²) in [5.74, 6) is -2.18. The number of pyridine rings is 1. The minimum Gasteiger partial charge on any atom is -0.486 e. The number of nitrogens with zero attached hydrogens (tertiary/aromatic N) is 1.